The van der Waals surface area contributed by atoms with Crippen molar-refractivity contribution in [1.82, 2.24) is 4.90 Å². The number of fused-ring (bicyclic) bond motifs is 2. The predicted molar refractivity (Wildman–Crippen MR) is 82.0 cm³/mol. The first-order valence-corrected chi connectivity index (χ1v) is 7.60. The van der Waals surface area contributed by atoms with E-state index in [-0.39, 0.29) is 0 Å². The monoisotopic (exact) mass is 255 g/mol. The molecule has 0 saturated heterocycles. The minimum atomic E-state index is 0.352. The van der Waals surface area contributed by atoms with Crippen molar-refractivity contribution >= 4 is 5.70 Å². The summed E-state index contributed by atoms with van der Waals surface area (Å²) in [5.74, 6) is 0.628. The summed E-state index contributed by atoms with van der Waals surface area (Å²) < 4.78 is 0. The lowest BCUT2D eigenvalue weighted by atomic mass is 9.72. The lowest BCUT2D eigenvalue weighted by Crippen LogP contribution is -2.26. The second kappa shape index (κ2) is 4.40. The van der Waals surface area contributed by atoms with Gasteiger partial charge in [0, 0.05) is 30.8 Å². The fraction of sp³-hybridized carbons (Fsp3) is 0.556. The van der Waals surface area contributed by atoms with Crippen LogP contribution in [0.2, 0.25) is 0 Å². The van der Waals surface area contributed by atoms with Gasteiger partial charge in [0.1, 0.15) is 0 Å². The van der Waals surface area contributed by atoms with E-state index in [4.69, 9.17) is 0 Å². The van der Waals surface area contributed by atoms with E-state index in [9.17, 15) is 0 Å². The lowest BCUT2D eigenvalue weighted by Gasteiger charge is -2.32. The summed E-state index contributed by atoms with van der Waals surface area (Å²) >= 11 is 0. The first-order chi connectivity index (χ1) is 9.08. The Morgan fingerprint density at radius 2 is 1.68 bits per heavy atom. The van der Waals surface area contributed by atoms with Crippen molar-refractivity contribution in [2.24, 2.45) is 5.92 Å². The average Bonchev–Trinajstić information content (AvgIpc) is 2.95. The Morgan fingerprint density at radius 1 is 1.05 bits per heavy atom. The Balaban J connectivity index is 2.29. The molecule has 1 aromatic rings. The molecule has 0 unspecified atom stereocenters. The number of allylic oxidation sites excluding steroid dienone is 1. The van der Waals surface area contributed by atoms with Gasteiger partial charge in [-0.05, 0) is 29.9 Å². The fourth-order valence-electron chi connectivity index (χ4n) is 4.45. The number of benzene rings is 1. The molecule has 1 fully saturated rings. The van der Waals surface area contributed by atoms with Crippen LogP contribution in [0, 0.1) is 5.92 Å². The Kier molecular flexibility index (Phi) is 2.96. The zero-order valence-electron chi connectivity index (χ0n) is 12.7. The largest absolute Gasteiger partial charge is 0.377 e. The maximum atomic E-state index is 2.37. The molecule has 2 aliphatic carbocycles. The summed E-state index contributed by atoms with van der Waals surface area (Å²) in [7, 11) is 4.39. The van der Waals surface area contributed by atoms with Crippen LogP contribution in [-0.2, 0) is 5.41 Å². The number of nitrogens with zero attached hydrogens (tertiary/aromatic N) is 1. The molecule has 1 nitrogen and oxygen atoms in total. The molecule has 0 amide bonds. The predicted octanol–water partition coefficient (Wildman–Crippen LogP) is 4.44. The molecule has 0 atom stereocenters. The maximum absolute atomic E-state index is 2.37. The third-order valence-electron chi connectivity index (χ3n) is 4.95. The summed E-state index contributed by atoms with van der Waals surface area (Å²) in [5.41, 5.74) is 6.62. The van der Waals surface area contributed by atoms with E-state index < -0.39 is 0 Å². The summed E-state index contributed by atoms with van der Waals surface area (Å²) in [6, 6.07) is 9.10. The highest BCUT2D eigenvalue weighted by Gasteiger charge is 2.47. The van der Waals surface area contributed by atoms with Gasteiger partial charge in [0.25, 0.3) is 0 Å². The van der Waals surface area contributed by atoms with Gasteiger partial charge < -0.3 is 4.90 Å². The third-order valence-corrected chi connectivity index (χ3v) is 4.95. The Hall–Kier alpha value is -1.24. The normalized spacial score (nSPS) is 20.5. The van der Waals surface area contributed by atoms with E-state index >= 15 is 0 Å². The molecule has 2 aliphatic rings. The van der Waals surface area contributed by atoms with Crippen molar-refractivity contribution in [2.75, 3.05) is 14.1 Å². The molecule has 3 rings (SSSR count). The van der Waals surface area contributed by atoms with Crippen molar-refractivity contribution < 1.29 is 0 Å². The molecule has 1 saturated carbocycles. The van der Waals surface area contributed by atoms with Crippen molar-refractivity contribution in [3.05, 3.63) is 41.0 Å². The average molecular weight is 255 g/mol. The second-order valence-corrected chi connectivity index (χ2v) is 6.65. The van der Waals surface area contributed by atoms with Crippen LogP contribution in [-0.4, -0.2) is 19.0 Å². The number of hydrogen-bond acceptors (Lipinski definition) is 1. The van der Waals surface area contributed by atoms with E-state index in [0.717, 1.165) is 0 Å². The molecule has 0 heterocycles. The van der Waals surface area contributed by atoms with Crippen molar-refractivity contribution in [1.29, 1.82) is 0 Å². The molecule has 102 valence electrons. The van der Waals surface area contributed by atoms with E-state index in [1.165, 1.54) is 36.9 Å². The van der Waals surface area contributed by atoms with Gasteiger partial charge in [0.15, 0.2) is 0 Å². The minimum Gasteiger partial charge on any atom is -0.377 e. The molecule has 0 aliphatic heterocycles. The topological polar surface area (TPSA) is 3.24 Å². The maximum Gasteiger partial charge on any atom is 0.0441 e. The van der Waals surface area contributed by atoms with E-state index in [2.05, 4.69) is 57.1 Å². The number of hydrogen-bond donors (Lipinski definition) is 0. The molecule has 0 N–H and O–H groups in total. The molecular weight excluding hydrogens is 230 g/mol. The van der Waals surface area contributed by atoms with Crippen molar-refractivity contribution in [3.63, 3.8) is 0 Å². The molecule has 1 heteroatoms. The molecule has 0 bridgehead atoms. The van der Waals surface area contributed by atoms with E-state index in [1.807, 2.05) is 0 Å². The highest BCUT2D eigenvalue weighted by atomic mass is 15.1. The molecular formula is C18H25N. The highest BCUT2D eigenvalue weighted by Crippen LogP contribution is 2.57. The van der Waals surface area contributed by atoms with Gasteiger partial charge in [0.2, 0.25) is 0 Å². The summed E-state index contributed by atoms with van der Waals surface area (Å²) in [5, 5.41) is 0. The molecule has 19 heavy (non-hydrogen) atoms. The van der Waals surface area contributed by atoms with Crippen LogP contribution >= 0.6 is 0 Å². The summed E-state index contributed by atoms with van der Waals surface area (Å²) in [6.07, 6.45) is 5.44. The van der Waals surface area contributed by atoms with Crippen molar-refractivity contribution in [3.8, 4) is 0 Å². The fourth-order valence-corrected chi connectivity index (χ4v) is 4.45. The Morgan fingerprint density at radius 3 is 2.26 bits per heavy atom. The third kappa shape index (κ3) is 1.67. The van der Waals surface area contributed by atoms with E-state index in [0.29, 0.717) is 11.3 Å². The minimum absolute atomic E-state index is 0.352. The quantitative estimate of drug-likeness (QED) is 0.755. The van der Waals surface area contributed by atoms with Gasteiger partial charge in [-0.15, -0.1) is 0 Å². The second-order valence-electron chi connectivity index (χ2n) is 6.65. The number of rotatable bonds is 2. The highest BCUT2D eigenvalue weighted by molar-refractivity contribution is 5.79. The van der Waals surface area contributed by atoms with E-state index in [1.54, 1.807) is 11.1 Å². The van der Waals surface area contributed by atoms with Gasteiger partial charge in [-0.25, -0.2) is 0 Å². The van der Waals surface area contributed by atoms with Crippen LogP contribution in [0.1, 0.15) is 50.7 Å². The van der Waals surface area contributed by atoms with Crippen molar-refractivity contribution in [2.45, 2.75) is 44.9 Å². The van der Waals surface area contributed by atoms with Crippen LogP contribution in [0.4, 0.5) is 0 Å². The zero-order chi connectivity index (χ0) is 13.6. The SMILES string of the molecule is CC(C)C1=C(N(C)C)c2ccccc2C12CCCC2. The van der Waals surface area contributed by atoms with Gasteiger partial charge in [-0.3, -0.25) is 0 Å². The molecule has 0 aromatic heterocycles. The van der Waals surface area contributed by atoms with Crippen LogP contribution in [0.3, 0.4) is 0 Å². The lowest BCUT2D eigenvalue weighted by molar-refractivity contribution is 0.470. The van der Waals surface area contributed by atoms with Crippen LogP contribution in [0.5, 0.6) is 0 Å². The van der Waals surface area contributed by atoms with Crippen LogP contribution < -0.4 is 0 Å². The van der Waals surface area contributed by atoms with Crippen LogP contribution in [0.25, 0.3) is 5.70 Å². The van der Waals surface area contributed by atoms with Gasteiger partial charge in [-0.1, -0.05) is 51.0 Å². The Bertz CT molecular complexity index is 516. The zero-order valence-corrected chi connectivity index (χ0v) is 12.7. The van der Waals surface area contributed by atoms with Gasteiger partial charge in [-0.2, -0.15) is 0 Å². The first kappa shape index (κ1) is 12.8. The van der Waals surface area contributed by atoms with Gasteiger partial charge >= 0.3 is 0 Å². The summed E-state index contributed by atoms with van der Waals surface area (Å²) in [4.78, 5) is 2.33. The molecule has 1 aromatic carbocycles. The summed E-state index contributed by atoms with van der Waals surface area (Å²) in [6.45, 7) is 4.73. The van der Waals surface area contributed by atoms with Crippen LogP contribution in [0.15, 0.2) is 29.8 Å². The Labute approximate surface area is 117 Å². The smallest absolute Gasteiger partial charge is 0.0441 e. The first-order valence-electron chi connectivity index (χ1n) is 7.60. The molecule has 0 radical (unpaired) electrons. The standard InChI is InChI=1S/C18H25N/c1-13(2)16-17(19(3)4)14-9-5-6-10-15(14)18(16)11-7-8-12-18/h5-6,9-10,13H,7-8,11-12H2,1-4H3. The molecule has 1 spiro atoms. The van der Waals surface area contributed by atoms with Gasteiger partial charge in [0.05, 0.1) is 0 Å².